The molecule has 0 bridgehead atoms. The molecule has 1 atom stereocenters. The molecule has 57 valence electrons. The van der Waals surface area contributed by atoms with Crippen molar-refractivity contribution in [2.24, 2.45) is 0 Å². The monoisotopic (exact) mass is 142 g/mol. The molecule has 3 nitrogen and oxygen atoms in total. The van der Waals surface area contributed by atoms with Crippen molar-refractivity contribution in [3.63, 3.8) is 0 Å². The van der Waals surface area contributed by atoms with Crippen molar-refractivity contribution in [2.45, 2.75) is 32.4 Å². The van der Waals surface area contributed by atoms with E-state index in [2.05, 4.69) is 0 Å². The molecular weight excluding hydrogens is 130 g/mol. The lowest BCUT2D eigenvalue weighted by atomic mass is 10.4. The number of carbonyl (C=O) groups is 1. The van der Waals surface area contributed by atoms with E-state index >= 15 is 0 Å². The lowest BCUT2D eigenvalue weighted by Gasteiger charge is -2.18. The fourth-order valence-corrected chi connectivity index (χ4v) is 1.19. The van der Waals surface area contributed by atoms with E-state index in [-0.39, 0.29) is 5.91 Å². The summed E-state index contributed by atoms with van der Waals surface area (Å²) < 4.78 is 0. The smallest absolute Gasteiger partial charge is 0.224 e. The lowest BCUT2D eigenvalue weighted by Crippen LogP contribution is -2.34. The van der Waals surface area contributed by atoms with Gasteiger partial charge in [-0.05, 0) is 12.8 Å². The largest absolute Gasteiger partial charge is 0.314 e. The Balaban J connectivity index is 2.46. The number of carbonyl (C=O) groups excluding carboxylic acids is 1. The molecule has 10 heavy (non-hydrogen) atoms. The van der Waals surface area contributed by atoms with Gasteiger partial charge in [0.2, 0.25) is 5.91 Å². The maximum absolute atomic E-state index is 11.0. The first-order chi connectivity index (χ1) is 4.75. The van der Waals surface area contributed by atoms with Gasteiger partial charge in [-0.3, -0.25) is 4.79 Å². The van der Waals surface area contributed by atoms with Crippen molar-refractivity contribution in [3.8, 4) is 0 Å². The highest BCUT2D eigenvalue weighted by Gasteiger charge is 2.25. The van der Waals surface area contributed by atoms with Gasteiger partial charge in [-0.2, -0.15) is 0 Å². The van der Waals surface area contributed by atoms with Gasteiger partial charge in [-0.1, -0.05) is 6.92 Å². The highest BCUT2D eigenvalue weighted by molar-refractivity contribution is 5.78. The Labute approximate surface area is 60.6 Å². The van der Waals surface area contributed by atoms with Crippen LogP contribution in [0.3, 0.4) is 0 Å². The summed E-state index contributed by atoms with van der Waals surface area (Å²) in [7, 11) is 0. The highest BCUT2D eigenvalue weighted by atomic mass is 16.3. The molecule has 1 heterocycles. The molecule has 1 radical (unpaired) electrons. The van der Waals surface area contributed by atoms with Gasteiger partial charge in [-0.15, -0.1) is 0 Å². The quantitative estimate of drug-likeness (QED) is 0.561. The fourth-order valence-electron chi connectivity index (χ4n) is 1.19. The summed E-state index contributed by atoms with van der Waals surface area (Å²) in [4.78, 5) is 12.3. The van der Waals surface area contributed by atoms with Crippen molar-refractivity contribution in [3.05, 3.63) is 0 Å². The molecule has 0 aromatic carbocycles. The van der Waals surface area contributed by atoms with Crippen molar-refractivity contribution in [1.29, 1.82) is 0 Å². The molecule has 1 aliphatic heterocycles. The third kappa shape index (κ3) is 1.29. The lowest BCUT2D eigenvalue weighted by molar-refractivity contribution is -0.140. The van der Waals surface area contributed by atoms with Crippen LogP contribution in [0.25, 0.3) is 0 Å². The van der Waals surface area contributed by atoms with Gasteiger partial charge < -0.3 is 4.90 Å². The van der Waals surface area contributed by atoms with E-state index in [1.165, 1.54) is 4.90 Å². The van der Waals surface area contributed by atoms with Crippen molar-refractivity contribution in [1.82, 2.24) is 4.90 Å². The highest BCUT2D eigenvalue weighted by Crippen LogP contribution is 2.13. The van der Waals surface area contributed by atoms with Crippen LogP contribution >= 0.6 is 0 Å². The van der Waals surface area contributed by atoms with Gasteiger partial charge in [-0.25, -0.2) is 5.11 Å². The summed E-state index contributed by atoms with van der Waals surface area (Å²) in [6.45, 7) is 2.48. The van der Waals surface area contributed by atoms with Crippen LogP contribution < -0.4 is 0 Å². The van der Waals surface area contributed by atoms with Crippen LogP contribution in [-0.2, 0) is 9.90 Å². The summed E-state index contributed by atoms with van der Waals surface area (Å²) in [5.41, 5.74) is 0. The maximum atomic E-state index is 11.0. The Hall–Kier alpha value is -0.570. The van der Waals surface area contributed by atoms with Gasteiger partial charge in [0.1, 0.15) is 0 Å². The molecule has 0 saturated carbocycles. The minimum absolute atomic E-state index is 0.0295. The predicted molar refractivity (Wildman–Crippen MR) is 35.7 cm³/mol. The number of rotatable bonds is 2. The average molecular weight is 142 g/mol. The Kier molecular flexibility index (Phi) is 2.27. The Bertz CT molecular complexity index is 136. The van der Waals surface area contributed by atoms with E-state index in [4.69, 9.17) is 0 Å². The summed E-state index contributed by atoms with van der Waals surface area (Å²) in [6.07, 6.45) is 1.15. The third-order valence-electron chi connectivity index (χ3n) is 1.81. The second-order valence-corrected chi connectivity index (χ2v) is 2.55. The average Bonchev–Trinajstić information content (AvgIpc) is 2.34. The van der Waals surface area contributed by atoms with Crippen LogP contribution in [-0.4, -0.2) is 23.6 Å². The molecule has 0 N–H and O–H groups in total. The minimum atomic E-state index is -0.796. The molecule has 3 heteroatoms. The number of likely N-dealkylation sites (tertiary alicyclic amines) is 1. The van der Waals surface area contributed by atoms with Crippen LogP contribution in [0, 0.1) is 0 Å². The zero-order chi connectivity index (χ0) is 7.56. The second kappa shape index (κ2) is 3.01. The van der Waals surface area contributed by atoms with Crippen LogP contribution in [0.4, 0.5) is 0 Å². The Morgan fingerprint density at radius 1 is 1.70 bits per heavy atom. The van der Waals surface area contributed by atoms with E-state index in [0.717, 1.165) is 6.42 Å². The van der Waals surface area contributed by atoms with Crippen molar-refractivity contribution < 1.29 is 9.90 Å². The molecule has 1 saturated heterocycles. The third-order valence-corrected chi connectivity index (χ3v) is 1.81. The van der Waals surface area contributed by atoms with E-state index in [9.17, 15) is 9.90 Å². The zero-order valence-electron chi connectivity index (χ0n) is 6.17. The van der Waals surface area contributed by atoms with E-state index < -0.39 is 6.23 Å². The predicted octanol–water partition coefficient (Wildman–Crippen LogP) is 0.775. The number of nitrogens with zero attached hydrogens (tertiary/aromatic N) is 1. The standard InChI is InChI=1S/C7H12NO2/c1-2-6(9)8-5-3-4-7(8)10/h6H,2-5H2,1H3. The molecule has 1 rings (SSSR count). The number of hydrogen-bond acceptors (Lipinski definition) is 1. The Morgan fingerprint density at radius 2 is 2.40 bits per heavy atom. The van der Waals surface area contributed by atoms with Gasteiger partial charge in [0.05, 0.1) is 0 Å². The zero-order valence-corrected chi connectivity index (χ0v) is 6.17. The second-order valence-electron chi connectivity index (χ2n) is 2.55. The van der Waals surface area contributed by atoms with Crippen LogP contribution in [0.5, 0.6) is 0 Å². The van der Waals surface area contributed by atoms with Gasteiger partial charge in [0.25, 0.3) is 0 Å². The van der Waals surface area contributed by atoms with E-state index in [1.54, 1.807) is 0 Å². The first kappa shape index (κ1) is 7.54. The van der Waals surface area contributed by atoms with Gasteiger partial charge in [0, 0.05) is 13.0 Å². The number of amides is 1. The molecular formula is C7H12NO2. The fraction of sp³-hybridized carbons (Fsp3) is 0.857. The molecule has 0 aromatic rings. The van der Waals surface area contributed by atoms with Crippen molar-refractivity contribution in [2.75, 3.05) is 6.54 Å². The SMILES string of the molecule is CCC([O])N1CCCC1=O. The molecule has 1 amide bonds. The van der Waals surface area contributed by atoms with E-state index in [1.807, 2.05) is 6.92 Å². The molecule has 0 aliphatic carbocycles. The van der Waals surface area contributed by atoms with Gasteiger partial charge >= 0.3 is 0 Å². The summed E-state index contributed by atoms with van der Waals surface area (Å²) in [5, 5.41) is 11.0. The first-order valence-corrected chi connectivity index (χ1v) is 3.71. The Morgan fingerprint density at radius 3 is 2.80 bits per heavy atom. The van der Waals surface area contributed by atoms with E-state index in [0.29, 0.717) is 19.4 Å². The molecule has 1 fully saturated rings. The minimum Gasteiger partial charge on any atom is -0.314 e. The number of hydrogen-bond donors (Lipinski definition) is 0. The summed E-state index contributed by atoms with van der Waals surface area (Å²) >= 11 is 0. The first-order valence-electron chi connectivity index (χ1n) is 3.71. The molecule has 1 unspecified atom stereocenters. The van der Waals surface area contributed by atoms with Crippen LogP contribution in [0.2, 0.25) is 0 Å². The van der Waals surface area contributed by atoms with Gasteiger partial charge in [0.15, 0.2) is 6.23 Å². The molecule has 0 spiro atoms. The van der Waals surface area contributed by atoms with Crippen LogP contribution in [0.15, 0.2) is 0 Å². The molecule has 1 aliphatic rings. The normalized spacial score (nSPS) is 21.8. The topological polar surface area (TPSA) is 40.2 Å². The summed E-state index contributed by atoms with van der Waals surface area (Å²) in [5.74, 6) is 0.0295. The van der Waals surface area contributed by atoms with Crippen molar-refractivity contribution >= 4 is 5.91 Å². The van der Waals surface area contributed by atoms with Crippen LogP contribution in [0.1, 0.15) is 26.2 Å². The maximum Gasteiger partial charge on any atom is 0.224 e. The summed E-state index contributed by atoms with van der Waals surface area (Å²) in [6, 6.07) is 0. The molecule has 0 aromatic heterocycles.